The highest BCUT2D eigenvalue weighted by molar-refractivity contribution is 8.07. The number of nitrogen functional groups attached to an aromatic ring is 1. The summed E-state index contributed by atoms with van der Waals surface area (Å²) < 4.78 is 43.9. The molecule has 16 nitrogen and oxygen atoms in total. The smallest absolute Gasteiger partial charge is 0.351 e. The van der Waals surface area contributed by atoms with E-state index in [9.17, 15) is 19.3 Å². The maximum atomic E-state index is 13.9. The van der Waals surface area contributed by atoms with Crippen molar-refractivity contribution in [1.82, 2.24) is 19.1 Å². The van der Waals surface area contributed by atoms with Gasteiger partial charge in [0, 0.05) is 30.8 Å². The number of nitrogens with two attached hydrogens (primary N) is 1. The molecule has 1 amide bonds. The van der Waals surface area contributed by atoms with Gasteiger partial charge in [-0.15, -0.1) is 0 Å². The number of amides is 1. The minimum absolute atomic E-state index is 0.000259. The third-order valence-corrected chi connectivity index (χ3v) is 25.9. The van der Waals surface area contributed by atoms with Crippen LogP contribution in [0.2, 0.25) is 10.1 Å². The number of ether oxygens (including phenoxy) is 2. The van der Waals surface area contributed by atoms with E-state index in [1.54, 1.807) is 30.3 Å². The Morgan fingerprint density at radius 2 is 1.08 bits per heavy atom. The Morgan fingerprint density at radius 3 is 1.55 bits per heavy atom. The number of rotatable bonds is 18. The highest BCUT2D eigenvalue weighted by Crippen LogP contribution is 2.50. The van der Waals surface area contributed by atoms with Crippen LogP contribution in [0.1, 0.15) is 77.2 Å². The first kappa shape index (κ1) is 55.7. The average Bonchev–Trinajstić information content (AvgIpc) is 4.06. The maximum Gasteiger partial charge on any atom is 0.351 e. The molecule has 7 aromatic rings. The van der Waals surface area contributed by atoms with Gasteiger partial charge in [-0.2, -0.15) is 9.97 Å². The van der Waals surface area contributed by atoms with Crippen molar-refractivity contribution in [3.63, 3.8) is 0 Å². The molecule has 2 aliphatic rings. The van der Waals surface area contributed by atoms with Gasteiger partial charge in [0.2, 0.25) is 0 Å². The first-order valence-electron chi connectivity index (χ1n) is 25.6. The molecule has 402 valence electrons. The Morgan fingerprint density at radius 1 is 0.649 bits per heavy atom. The van der Waals surface area contributed by atoms with E-state index in [2.05, 4.69) is 105 Å². The van der Waals surface area contributed by atoms with Gasteiger partial charge in [-0.25, -0.2) is 9.59 Å². The molecule has 0 aliphatic carbocycles. The van der Waals surface area contributed by atoms with Crippen LogP contribution in [0.4, 0.5) is 11.6 Å². The van der Waals surface area contributed by atoms with Crippen LogP contribution in [-0.4, -0.2) is 84.2 Å². The first-order valence-corrected chi connectivity index (χ1v) is 32.0. The average molecular weight is 1110 g/mol. The van der Waals surface area contributed by atoms with Crippen molar-refractivity contribution in [3.05, 3.63) is 203 Å². The van der Waals surface area contributed by atoms with Crippen molar-refractivity contribution in [2.45, 2.75) is 101 Å². The molecule has 2 aromatic heterocycles. The van der Waals surface area contributed by atoms with Crippen molar-refractivity contribution in [2.75, 3.05) is 24.3 Å². The highest BCUT2D eigenvalue weighted by atomic mass is 32.5. The zero-order chi connectivity index (χ0) is 54.6. The van der Waals surface area contributed by atoms with Crippen LogP contribution in [0, 0.1) is 0 Å². The van der Waals surface area contributed by atoms with Gasteiger partial charge in [0.25, 0.3) is 22.5 Å². The fraction of sp³-hybridized carbons (Fsp3) is 0.316. The van der Waals surface area contributed by atoms with Crippen molar-refractivity contribution in [2.24, 2.45) is 0 Å². The Bertz CT molecular complexity index is 3220. The first-order chi connectivity index (χ1) is 36.8. The number of hydrogen-bond donors (Lipinski definition) is 3. The second-order valence-electron chi connectivity index (χ2n) is 21.3. The number of hydrogen-bond acceptors (Lipinski definition) is 13. The molecule has 2 aliphatic heterocycles. The minimum atomic E-state index is -4.21. The monoisotopic (exact) mass is 1110 g/mol. The summed E-state index contributed by atoms with van der Waals surface area (Å²) in [5.74, 6) is -0.289. The fourth-order valence-electron chi connectivity index (χ4n) is 10.7. The van der Waals surface area contributed by atoms with E-state index in [1.165, 1.54) is 33.7 Å². The van der Waals surface area contributed by atoms with Crippen LogP contribution in [0.25, 0.3) is 0 Å². The third kappa shape index (κ3) is 12.0. The normalized spacial score (nSPS) is 20.9. The summed E-state index contributed by atoms with van der Waals surface area (Å²) in [6.45, 7) is 8.47. The Labute approximate surface area is 455 Å². The molecule has 1 unspecified atom stereocenters. The van der Waals surface area contributed by atoms with E-state index in [-0.39, 0.29) is 42.7 Å². The van der Waals surface area contributed by atoms with Crippen LogP contribution >= 0.6 is 6.72 Å². The fourth-order valence-corrected chi connectivity index (χ4v) is 21.4. The van der Waals surface area contributed by atoms with E-state index >= 15 is 0 Å². The molecule has 2 saturated heterocycles. The van der Waals surface area contributed by atoms with E-state index in [1.807, 2.05) is 72.8 Å². The van der Waals surface area contributed by atoms with E-state index in [4.69, 9.17) is 44.9 Å². The number of carbonyl (C=O) groups is 1. The van der Waals surface area contributed by atoms with Crippen molar-refractivity contribution in [3.8, 4) is 0 Å². The molecule has 0 saturated carbocycles. The van der Waals surface area contributed by atoms with Crippen molar-refractivity contribution >= 4 is 73.5 Å². The highest BCUT2D eigenvalue weighted by Gasteiger charge is 2.55. The number of carbonyl (C=O) groups excluding carboxylic acids is 1. The molecular formula is C57H65N6O10PSSi2. The van der Waals surface area contributed by atoms with E-state index < -0.39 is 82.5 Å². The Balaban J connectivity index is 1.03. The quantitative estimate of drug-likeness (QED) is 0.0583. The molecule has 0 bridgehead atoms. The van der Waals surface area contributed by atoms with Gasteiger partial charge in [0.05, 0.1) is 25.4 Å². The van der Waals surface area contributed by atoms with Crippen LogP contribution in [0.15, 0.2) is 186 Å². The number of aromatic nitrogens is 4. The molecule has 5 aromatic carbocycles. The standard InChI is InChI=1S/C57H65N6O10PSSi2/c1-56(2,3)76(41-24-14-8-15-25-41,42-26-16-9-17-27-42)69-39-48-45(36-51(71-48)62-34-32-49(58)59-54(62)65)72-74(67,75)68-38-47-46(73-77(57(4,5)6,43-28-18-10-19-29-43)44-30-20-11-21-31-44)37-52(70-47)63-35-33-50(61-55(63)66)60-53(64)40-22-12-7-13-23-40/h7-35,45-48,51-52H,36-39H2,1-6H3,(H,67,75)(H2,58,59,65)(H,60,61,64,66)/t45-,46-,47+,48+,51+,52+,74?/m0/s1. The van der Waals surface area contributed by atoms with Gasteiger partial charge in [-0.05, 0) is 66.9 Å². The molecule has 2 fully saturated rings. The summed E-state index contributed by atoms with van der Waals surface area (Å²) in [5, 5.41) is 6.02. The lowest BCUT2D eigenvalue weighted by molar-refractivity contribution is -0.0502. The van der Waals surface area contributed by atoms with Crippen molar-refractivity contribution in [1.29, 1.82) is 0 Å². The minimum Gasteiger partial charge on any atom is -0.405 e. The number of nitrogens with one attached hydrogen (secondary N) is 1. The van der Waals surface area contributed by atoms with E-state index in [0.717, 1.165) is 20.7 Å². The topological polar surface area (TPSA) is 201 Å². The van der Waals surface area contributed by atoms with Gasteiger partial charge in [0.15, 0.2) is 0 Å². The van der Waals surface area contributed by atoms with Gasteiger partial charge in [0.1, 0.15) is 36.3 Å². The summed E-state index contributed by atoms with van der Waals surface area (Å²) in [5.41, 5.74) is 5.01. The summed E-state index contributed by atoms with van der Waals surface area (Å²) in [6.07, 6.45) is -1.97. The lowest BCUT2D eigenvalue weighted by Crippen LogP contribution is -2.68. The predicted molar refractivity (Wildman–Crippen MR) is 306 cm³/mol. The van der Waals surface area contributed by atoms with Crippen LogP contribution in [-0.2, 0) is 39.2 Å². The SMILES string of the molecule is CC(C)(C)[Si](OC[C@H]1O[C@@H](n2ccc(N)nc2=O)C[C@@H]1OP(O)(=S)OC[C@H]1O[C@@H](n2ccc(NC(=O)c3ccccc3)nc2=O)C[C@@H]1O[Si](c1ccccc1)(c1ccccc1)C(C)(C)C)(c1ccccc1)c1ccccc1. The number of benzene rings is 5. The summed E-state index contributed by atoms with van der Waals surface area (Å²) in [4.78, 5) is 60.6. The lowest BCUT2D eigenvalue weighted by atomic mass is 10.2. The molecule has 20 heteroatoms. The maximum absolute atomic E-state index is 13.9. The van der Waals surface area contributed by atoms with Crippen molar-refractivity contribution < 1.29 is 37.1 Å². The van der Waals surface area contributed by atoms with Crippen LogP contribution in [0.3, 0.4) is 0 Å². The van der Waals surface area contributed by atoms with E-state index in [0.29, 0.717) is 5.56 Å². The molecule has 77 heavy (non-hydrogen) atoms. The molecule has 4 heterocycles. The van der Waals surface area contributed by atoms with Gasteiger partial charge >= 0.3 is 18.1 Å². The zero-order valence-corrected chi connectivity index (χ0v) is 47.6. The van der Waals surface area contributed by atoms with Crippen LogP contribution in [0.5, 0.6) is 0 Å². The number of anilines is 2. The Hall–Kier alpha value is -6.07. The predicted octanol–water partition coefficient (Wildman–Crippen LogP) is 7.05. The third-order valence-electron chi connectivity index (χ3n) is 14.2. The molecule has 0 radical (unpaired) electrons. The summed E-state index contributed by atoms with van der Waals surface area (Å²) >= 11 is 5.87. The largest absolute Gasteiger partial charge is 0.405 e. The second-order valence-corrected chi connectivity index (χ2v) is 32.6. The zero-order valence-electron chi connectivity index (χ0n) is 43.9. The molecule has 0 spiro atoms. The van der Waals surface area contributed by atoms with Gasteiger partial charge < -0.3 is 43.3 Å². The lowest BCUT2D eigenvalue weighted by Gasteiger charge is -2.45. The summed E-state index contributed by atoms with van der Waals surface area (Å²) in [7, 11) is -6.40. The Kier molecular flexibility index (Phi) is 16.7. The number of nitrogens with zero attached hydrogens (tertiary/aromatic N) is 4. The summed E-state index contributed by atoms with van der Waals surface area (Å²) in [6, 6.07) is 52.3. The van der Waals surface area contributed by atoms with Gasteiger partial charge in [-0.3, -0.25) is 13.9 Å². The second kappa shape index (κ2) is 23.1. The van der Waals surface area contributed by atoms with Gasteiger partial charge in [-0.1, -0.05) is 181 Å². The molecular weight excluding hydrogens is 1050 g/mol. The molecule has 9 rings (SSSR count). The van der Waals surface area contributed by atoms with Crippen LogP contribution < -0.4 is 43.2 Å². The molecule has 7 atom stereocenters. The molecule has 4 N–H and O–H groups in total.